The van der Waals surface area contributed by atoms with Gasteiger partial charge in [-0.15, -0.1) is 5.10 Å². The van der Waals surface area contributed by atoms with Crippen molar-refractivity contribution in [3.63, 3.8) is 0 Å². The lowest BCUT2D eigenvalue weighted by atomic mass is 10.1. The van der Waals surface area contributed by atoms with Crippen LogP contribution in [0.4, 0.5) is 30.6 Å². The van der Waals surface area contributed by atoms with Gasteiger partial charge in [0.1, 0.15) is 5.82 Å². The maximum absolute atomic E-state index is 14.7. The summed E-state index contributed by atoms with van der Waals surface area (Å²) in [6.45, 7) is 3.86. The fourth-order valence-electron chi connectivity index (χ4n) is 3.28. The van der Waals surface area contributed by atoms with Gasteiger partial charge in [0.05, 0.1) is 16.9 Å². The number of rotatable bonds is 8. The minimum atomic E-state index is -1.17. The number of halogens is 3. The molecular formula is C23H21F3N4OS. The van der Waals surface area contributed by atoms with Crippen LogP contribution in [0.15, 0.2) is 51.6 Å². The lowest BCUT2D eigenvalue weighted by Gasteiger charge is -2.13. The van der Waals surface area contributed by atoms with E-state index >= 15 is 0 Å². The van der Waals surface area contributed by atoms with Gasteiger partial charge < -0.3 is 15.1 Å². The summed E-state index contributed by atoms with van der Waals surface area (Å²) in [6, 6.07) is 9.01. The van der Waals surface area contributed by atoms with E-state index < -0.39 is 17.5 Å². The molecular weight excluding hydrogens is 437 g/mol. The molecule has 0 fully saturated rings. The Balaban J connectivity index is 1.60. The van der Waals surface area contributed by atoms with Gasteiger partial charge in [-0.3, -0.25) is 0 Å². The van der Waals surface area contributed by atoms with Gasteiger partial charge >= 0.3 is 6.01 Å². The van der Waals surface area contributed by atoms with Crippen molar-refractivity contribution in [3.05, 3.63) is 75.7 Å². The minimum Gasteiger partial charge on any atom is -0.403 e. The number of hydrogen-bond donors (Lipinski definition) is 2. The highest BCUT2D eigenvalue weighted by Gasteiger charge is 2.21. The van der Waals surface area contributed by atoms with Crippen molar-refractivity contribution in [1.29, 1.82) is 0 Å². The van der Waals surface area contributed by atoms with Crippen LogP contribution in [0.25, 0.3) is 11.5 Å². The third kappa shape index (κ3) is 4.77. The lowest BCUT2D eigenvalue weighted by Crippen LogP contribution is -2.17. The first-order valence-electron chi connectivity index (χ1n) is 10.1. The van der Waals surface area contributed by atoms with E-state index in [1.54, 1.807) is 17.4 Å². The molecule has 2 aromatic heterocycles. The number of aryl methyl sites for hydroxylation is 1. The van der Waals surface area contributed by atoms with E-state index in [0.29, 0.717) is 6.42 Å². The average Bonchev–Trinajstić information content (AvgIpc) is 3.45. The first-order valence-corrected chi connectivity index (χ1v) is 11.0. The summed E-state index contributed by atoms with van der Waals surface area (Å²) >= 11 is 1.62. The van der Waals surface area contributed by atoms with E-state index in [0.717, 1.165) is 18.1 Å². The molecule has 0 spiro atoms. The van der Waals surface area contributed by atoms with E-state index in [-0.39, 0.29) is 34.9 Å². The van der Waals surface area contributed by atoms with Crippen LogP contribution in [0, 0.1) is 17.5 Å². The van der Waals surface area contributed by atoms with Gasteiger partial charge in [0.25, 0.3) is 5.89 Å². The van der Waals surface area contributed by atoms with Crippen molar-refractivity contribution in [2.24, 2.45) is 0 Å². The van der Waals surface area contributed by atoms with Crippen LogP contribution in [0.1, 0.15) is 25.0 Å². The average molecular weight is 459 g/mol. The molecule has 0 amide bonds. The van der Waals surface area contributed by atoms with Crippen molar-refractivity contribution >= 4 is 28.7 Å². The Morgan fingerprint density at radius 3 is 2.59 bits per heavy atom. The molecule has 9 heteroatoms. The number of hydrogen-bond acceptors (Lipinski definition) is 6. The number of thiophene rings is 1. The van der Waals surface area contributed by atoms with Gasteiger partial charge in [-0.05, 0) is 72.0 Å². The maximum Gasteiger partial charge on any atom is 0.315 e. The second kappa shape index (κ2) is 9.44. The highest BCUT2D eigenvalue weighted by Crippen LogP contribution is 2.34. The second-order valence-electron chi connectivity index (χ2n) is 7.37. The van der Waals surface area contributed by atoms with E-state index in [4.69, 9.17) is 4.42 Å². The highest BCUT2D eigenvalue weighted by molar-refractivity contribution is 7.07. The molecule has 1 unspecified atom stereocenters. The van der Waals surface area contributed by atoms with Gasteiger partial charge in [-0.25, -0.2) is 13.2 Å². The molecule has 2 aromatic carbocycles. The number of aromatic nitrogens is 2. The molecule has 5 nitrogen and oxygen atoms in total. The third-order valence-corrected chi connectivity index (χ3v) is 5.68. The van der Waals surface area contributed by atoms with E-state index in [1.165, 1.54) is 23.8 Å². The Labute approximate surface area is 187 Å². The molecule has 0 aliphatic carbocycles. The molecule has 32 heavy (non-hydrogen) atoms. The van der Waals surface area contributed by atoms with Crippen LogP contribution >= 0.6 is 11.3 Å². The smallest absolute Gasteiger partial charge is 0.315 e. The Morgan fingerprint density at radius 1 is 1.03 bits per heavy atom. The van der Waals surface area contributed by atoms with Crippen molar-refractivity contribution in [1.82, 2.24) is 10.2 Å². The number of anilines is 3. The third-order valence-electron chi connectivity index (χ3n) is 4.94. The summed E-state index contributed by atoms with van der Waals surface area (Å²) in [5.74, 6) is -2.85. The molecule has 0 saturated carbocycles. The fourth-order valence-corrected chi connectivity index (χ4v) is 3.96. The molecule has 4 rings (SSSR count). The van der Waals surface area contributed by atoms with Crippen LogP contribution < -0.4 is 10.6 Å². The minimum absolute atomic E-state index is 0.00613. The van der Waals surface area contributed by atoms with Crippen LogP contribution in [-0.4, -0.2) is 16.2 Å². The van der Waals surface area contributed by atoms with E-state index in [2.05, 4.69) is 26.2 Å². The van der Waals surface area contributed by atoms with Gasteiger partial charge in [0.2, 0.25) is 0 Å². The Kier molecular flexibility index (Phi) is 6.45. The molecule has 4 aromatic rings. The number of nitrogens with zero attached hydrogens (tertiary/aromatic N) is 2. The molecule has 0 radical (unpaired) electrons. The zero-order valence-corrected chi connectivity index (χ0v) is 18.3. The standard InChI is InChI=1S/C23H21F3N4OS/c1-3-14-4-7-19(18(25)11-14)28-21-16(5-6-17(24)20(21)26)22-29-30-23(31-22)27-13(2)10-15-8-9-32-12-15/h4-9,11-13,28H,3,10H2,1-2H3,(H,27,30). The van der Waals surface area contributed by atoms with Gasteiger partial charge in [-0.2, -0.15) is 11.3 Å². The maximum atomic E-state index is 14.7. The highest BCUT2D eigenvalue weighted by atomic mass is 32.1. The SMILES string of the molecule is CCc1ccc(Nc2c(-c3nnc(NC(C)Cc4ccsc4)o3)ccc(F)c2F)c(F)c1. The van der Waals surface area contributed by atoms with Gasteiger partial charge in [0, 0.05) is 6.04 Å². The second-order valence-corrected chi connectivity index (χ2v) is 8.15. The first kappa shape index (κ1) is 21.9. The topological polar surface area (TPSA) is 63.0 Å². The molecule has 0 bridgehead atoms. The Bertz CT molecular complexity index is 1210. The van der Waals surface area contributed by atoms with Crippen molar-refractivity contribution < 1.29 is 17.6 Å². The van der Waals surface area contributed by atoms with Crippen molar-refractivity contribution in [3.8, 4) is 11.5 Å². The predicted octanol–water partition coefficient (Wildman–Crippen LogP) is 6.56. The quantitative estimate of drug-likeness (QED) is 0.313. The molecule has 2 heterocycles. The predicted molar refractivity (Wildman–Crippen MR) is 120 cm³/mol. The zero-order chi connectivity index (χ0) is 22.7. The van der Waals surface area contributed by atoms with Crippen LogP contribution in [0.5, 0.6) is 0 Å². The monoisotopic (exact) mass is 458 g/mol. The number of benzene rings is 2. The fraction of sp³-hybridized carbons (Fsp3) is 0.217. The first-order chi connectivity index (χ1) is 15.4. The molecule has 0 saturated heterocycles. The van der Waals surface area contributed by atoms with Gasteiger partial charge in [0.15, 0.2) is 11.6 Å². The Morgan fingerprint density at radius 2 is 1.88 bits per heavy atom. The molecule has 2 N–H and O–H groups in total. The van der Waals surface area contributed by atoms with Crippen molar-refractivity contribution in [2.45, 2.75) is 32.7 Å². The van der Waals surface area contributed by atoms with E-state index in [1.807, 2.05) is 25.3 Å². The van der Waals surface area contributed by atoms with Gasteiger partial charge in [-0.1, -0.05) is 18.1 Å². The molecule has 1 atom stereocenters. The van der Waals surface area contributed by atoms with E-state index in [9.17, 15) is 13.2 Å². The molecule has 166 valence electrons. The van der Waals surface area contributed by atoms with Crippen LogP contribution in [0.2, 0.25) is 0 Å². The summed E-state index contributed by atoms with van der Waals surface area (Å²) in [6.07, 6.45) is 1.41. The summed E-state index contributed by atoms with van der Waals surface area (Å²) in [7, 11) is 0. The normalized spacial score (nSPS) is 12.0. The van der Waals surface area contributed by atoms with Crippen LogP contribution in [-0.2, 0) is 12.8 Å². The number of nitrogens with one attached hydrogen (secondary N) is 2. The summed E-state index contributed by atoms with van der Waals surface area (Å²) in [5, 5.41) is 17.7. The molecule has 0 aliphatic rings. The zero-order valence-electron chi connectivity index (χ0n) is 17.5. The largest absolute Gasteiger partial charge is 0.403 e. The van der Waals surface area contributed by atoms with Crippen molar-refractivity contribution in [2.75, 3.05) is 10.6 Å². The summed E-state index contributed by atoms with van der Waals surface area (Å²) in [5.41, 5.74) is 1.81. The summed E-state index contributed by atoms with van der Waals surface area (Å²) in [4.78, 5) is 0. The lowest BCUT2D eigenvalue weighted by molar-refractivity contribution is 0.510. The summed E-state index contributed by atoms with van der Waals surface area (Å²) < 4.78 is 48.7. The Hall–Kier alpha value is -3.33. The molecule has 0 aliphatic heterocycles. The van der Waals surface area contributed by atoms with Crippen LogP contribution in [0.3, 0.4) is 0 Å².